The van der Waals surface area contributed by atoms with E-state index in [0.29, 0.717) is 4.73 Å². The molecular formula is C6H5NO5. The number of aromatic nitrogens is 1. The van der Waals surface area contributed by atoms with Crippen molar-refractivity contribution < 1.29 is 19.8 Å². The van der Waals surface area contributed by atoms with Gasteiger partial charge in [0.15, 0.2) is 0 Å². The van der Waals surface area contributed by atoms with E-state index < -0.39 is 11.7 Å². The van der Waals surface area contributed by atoms with E-state index in [1.165, 1.54) is 0 Å². The molecule has 2 N–H and O–H groups in total. The van der Waals surface area contributed by atoms with Crippen LogP contribution in [0.25, 0.3) is 0 Å². The number of nitrogens with zero attached hydrogens (tertiary/aromatic N) is 1. The summed E-state index contributed by atoms with van der Waals surface area (Å²) < 4.78 is 4.46. The Morgan fingerprint density at radius 3 is 2.75 bits per heavy atom. The highest BCUT2D eigenvalue weighted by Crippen LogP contribution is 2.04. The van der Waals surface area contributed by atoms with Gasteiger partial charge in [0.1, 0.15) is 5.75 Å². The maximum Gasteiger partial charge on any atom is 0.511 e. The minimum Gasteiger partial charge on any atom is -0.449 e. The van der Waals surface area contributed by atoms with E-state index in [-0.39, 0.29) is 5.75 Å². The molecule has 0 aliphatic carbocycles. The quantitative estimate of drug-likeness (QED) is 0.463. The maximum atomic E-state index is 10.7. The Balaban J connectivity index is 2.97. The summed E-state index contributed by atoms with van der Waals surface area (Å²) >= 11 is 0. The number of hydrogen-bond donors (Lipinski definition) is 2. The lowest BCUT2D eigenvalue weighted by atomic mass is 10.4. The zero-order valence-electron chi connectivity index (χ0n) is 5.80. The van der Waals surface area contributed by atoms with Crippen LogP contribution in [-0.4, -0.2) is 21.2 Å². The molecule has 0 bridgehead atoms. The van der Waals surface area contributed by atoms with Crippen LogP contribution >= 0.6 is 0 Å². The smallest absolute Gasteiger partial charge is 0.449 e. The molecule has 0 unspecified atom stereocenters. The molecule has 64 valence electrons. The predicted molar refractivity (Wildman–Crippen MR) is 36.5 cm³/mol. The first-order valence-electron chi connectivity index (χ1n) is 2.92. The van der Waals surface area contributed by atoms with Gasteiger partial charge in [-0.25, -0.2) is 4.79 Å². The van der Waals surface area contributed by atoms with Crippen LogP contribution in [0.2, 0.25) is 0 Å². The third-order valence-electron chi connectivity index (χ3n) is 1.08. The van der Waals surface area contributed by atoms with Crippen molar-refractivity contribution in [1.82, 2.24) is 4.73 Å². The molecule has 0 aliphatic rings. The molecule has 12 heavy (non-hydrogen) atoms. The van der Waals surface area contributed by atoms with Crippen LogP contribution in [0.1, 0.15) is 0 Å². The van der Waals surface area contributed by atoms with Crippen LogP contribution in [-0.2, 0) is 0 Å². The van der Waals surface area contributed by atoms with Gasteiger partial charge in [0.05, 0.1) is 6.20 Å². The first-order valence-corrected chi connectivity index (χ1v) is 2.92. The number of pyridine rings is 1. The molecule has 0 amide bonds. The van der Waals surface area contributed by atoms with E-state index >= 15 is 0 Å². The number of carboxylic acid groups (broad SMARTS) is 1. The molecule has 1 rings (SSSR count). The lowest BCUT2D eigenvalue weighted by molar-refractivity contribution is 0.142. The zero-order valence-corrected chi connectivity index (χ0v) is 5.80. The fourth-order valence-electron chi connectivity index (χ4n) is 0.618. The second-order valence-corrected chi connectivity index (χ2v) is 1.91. The van der Waals surface area contributed by atoms with Crippen LogP contribution < -0.4 is 10.3 Å². The maximum absolute atomic E-state index is 10.7. The molecule has 0 spiro atoms. The Hall–Kier alpha value is -1.98. The highest BCUT2D eigenvalue weighted by molar-refractivity contribution is 5.60. The van der Waals surface area contributed by atoms with Crippen LogP contribution in [0, 0.1) is 0 Å². The van der Waals surface area contributed by atoms with Crippen molar-refractivity contribution in [3.05, 3.63) is 28.7 Å². The number of ether oxygens (including phenoxy) is 1. The van der Waals surface area contributed by atoms with Gasteiger partial charge in [-0.2, -0.15) is 4.73 Å². The largest absolute Gasteiger partial charge is 0.511 e. The number of carbonyl (C=O) groups is 1. The number of hydrogen-bond acceptors (Lipinski definition) is 4. The normalized spacial score (nSPS) is 9.33. The molecule has 0 radical (unpaired) electrons. The van der Waals surface area contributed by atoms with Crippen molar-refractivity contribution in [2.24, 2.45) is 0 Å². The zero-order chi connectivity index (χ0) is 9.14. The van der Waals surface area contributed by atoms with E-state index in [9.17, 15) is 9.59 Å². The van der Waals surface area contributed by atoms with E-state index in [2.05, 4.69) is 4.74 Å². The summed E-state index contributed by atoms with van der Waals surface area (Å²) in [5, 5.41) is 16.8. The summed E-state index contributed by atoms with van der Waals surface area (Å²) in [7, 11) is 0. The Morgan fingerprint density at radius 1 is 1.58 bits per heavy atom. The first kappa shape index (κ1) is 8.12. The lowest BCUT2D eigenvalue weighted by Gasteiger charge is -1.98. The van der Waals surface area contributed by atoms with E-state index in [0.717, 1.165) is 18.3 Å². The Morgan fingerprint density at radius 2 is 2.25 bits per heavy atom. The molecule has 0 aromatic carbocycles. The van der Waals surface area contributed by atoms with Gasteiger partial charge in [-0.1, -0.05) is 0 Å². The summed E-state index contributed by atoms with van der Waals surface area (Å²) in [6.07, 6.45) is -0.522. The summed E-state index contributed by atoms with van der Waals surface area (Å²) in [4.78, 5) is 20.6. The van der Waals surface area contributed by atoms with E-state index in [1.807, 2.05) is 0 Å². The monoisotopic (exact) mass is 171 g/mol. The molecule has 0 aliphatic heterocycles. The first-order chi connectivity index (χ1) is 5.59. The summed E-state index contributed by atoms with van der Waals surface area (Å²) in [5.41, 5.74) is -0.756. The van der Waals surface area contributed by atoms with Crippen molar-refractivity contribution in [2.75, 3.05) is 0 Å². The fourth-order valence-corrected chi connectivity index (χ4v) is 0.618. The average molecular weight is 171 g/mol. The molecule has 1 aromatic rings. The average Bonchev–Trinajstić information content (AvgIpc) is 1.96. The predicted octanol–water partition coefficient (Wildman–Crippen LogP) is 0.142. The molecule has 6 nitrogen and oxygen atoms in total. The van der Waals surface area contributed by atoms with Crippen molar-refractivity contribution in [1.29, 1.82) is 0 Å². The number of rotatable bonds is 1. The van der Waals surface area contributed by atoms with Crippen molar-refractivity contribution in [3.8, 4) is 5.75 Å². The van der Waals surface area contributed by atoms with Crippen LogP contribution in [0.15, 0.2) is 23.1 Å². The SMILES string of the molecule is O=C(O)Oc1ccn(O)c(=O)c1. The van der Waals surface area contributed by atoms with Gasteiger partial charge in [0, 0.05) is 12.1 Å². The van der Waals surface area contributed by atoms with E-state index in [1.54, 1.807) is 0 Å². The molecule has 0 atom stereocenters. The van der Waals surface area contributed by atoms with Gasteiger partial charge in [-0.3, -0.25) is 4.79 Å². The van der Waals surface area contributed by atoms with Gasteiger partial charge in [-0.15, -0.1) is 0 Å². The van der Waals surface area contributed by atoms with Crippen molar-refractivity contribution in [2.45, 2.75) is 0 Å². The van der Waals surface area contributed by atoms with Crippen LogP contribution in [0.5, 0.6) is 5.75 Å². The molecule has 1 heterocycles. The summed E-state index contributed by atoms with van der Waals surface area (Å²) in [5.74, 6) is -0.127. The third kappa shape index (κ3) is 1.75. The standard InChI is InChI=1S/C6H5NO5/c8-5-3-4(12-6(9)10)1-2-7(5)11/h1-3,11H,(H,9,10). The second kappa shape index (κ2) is 2.95. The summed E-state index contributed by atoms with van der Waals surface area (Å²) in [6.45, 7) is 0. The Labute approximate surface area is 66.2 Å². The van der Waals surface area contributed by atoms with Crippen LogP contribution in [0.3, 0.4) is 0 Å². The van der Waals surface area contributed by atoms with E-state index in [4.69, 9.17) is 10.3 Å². The Bertz CT molecular complexity index is 355. The molecule has 1 aromatic heterocycles. The van der Waals surface area contributed by atoms with Crippen molar-refractivity contribution >= 4 is 6.16 Å². The third-order valence-corrected chi connectivity index (χ3v) is 1.08. The molecule has 0 saturated carbocycles. The van der Waals surface area contributed by atoms with Crippen molar-refractivity contribution in [3.63, 3.8) is 0 Å². The van der Waals surface area contributed by atoms with Gasteiger partial charge in [-0.05, 0) is 0 Å². The highest BCUT2D eigenvalue weighted by Gasteiger charge is 2.01. The Kier molecular flexibility index (Phi) is 2.00. The topological polar surface area (TPSA) is 88.8 Å². The highest BCUT2D eigenvalue weighted by atomic mass is 16.7. The second-order valence-electron chi connectivity index (χ2n) is 1.91. The minimum absolute atomic E-state index is 0.127. The van der Waals surface area contributed by atoms with Crippen LogP contribution in [0.4, 0.5) is 4.79 Å². The summed E-state index contributed by atoms with van der Waals surface area (Å²) in [6, 6.07) is 2.00. The van der Waals surface area contributed by atoms with Gasteiger partial charge >= 0.3 is 6.16 Å². The van der Waals surface area contributed by atoms with Gasteiger partial charge < -0.3 is 15.1 Å². The van der Waals surface area contributed by atoms with Gasteiger partial charge in [0.2, 0.25) is 0 Å². The molecular weight excluding hydrogens is 166 g/mol. The fraction of sp³-hybridized carbons (Fsp3) is 0. The molecule has 0 saturated heterocycles. The minimum atomic E-state index is -1.51. The lowest BCUT2D eigenvalue weighted by Crippen LogP contribution is -2.16. The molecule has 6 heteroatoms. The van der Waals surface area contributed by atoms with Gasteiger partial charge in [0.25, 0.3) is 5.56 Å². The molecule has 0 fully saturated rings.